The molecular formula is C30H37FN6O2. The highest BCUT2D eigenvalue weighted by molar-refractivity contribution is 5.96. The molecule has 4 rings (SSSR count). The van der Waals surface area contributed by atoms with Crippen molar-refractivity contribution in [1.82, 2.24) is 24.9 Å². The number of aromatic nitrogens is 2. The third kappa shape index (κ3) is 7.38. The Morgan fingerprint density at radius 3 is 2.28 bits per heavy atom. The zero-order valence-corrected chi connectivity index (χ0v) is 22.8. The fourth-order valence-corrected chi connectivity index (χ4v) is 4.78. The van der Waals surface area contributed by atoms with Crippen LogP contribution in [0, 0.1) is 5.82 Å². The smallest absolute Gasteiger partial charge is 0.257 e. The molecule has 0 spiro atoms. The average molecular weight is 533 g/mol. The van der Waals surface area contributed by atoms with E-state index in [1.54, 1.807) is 17.0 Å². The van der Waals surface area contributed by atoms with Gasteiger partial charge in [-0.25, -0.2) is 4.39 Å². The molecule has 0 N–H and O–H groups in total. The summed E-state index contributed by atoms with van der Waals surface area (Å²) in [5.41, 5.74) is 1.82. The lowest BCUT2D eigenvalue weighted by Crippen LogP contribution is -2.46. The van der Waals surface area contributed by atoms with E-state index in [1.807, 2.05) is 42.5 Å². The van der Waals surface area contributed by atoms with Crippen molar-refractivity contribution in [2.75, 3.05) is 63.8 Å². The quantitative estimate of drug-likeness (QED) is 0.396. The zero-order valence-electron chi connectivity index (χ0n) is 22.8. The lowest BCUT2D eigenvalue weighted by Gasteiger charge is -2.29. The Balaban J connectivity index is 1.40. The van der Waals surface area contributed by atoms with E-state index in [4.69, 9.17) is 0 Å². The molecule has 0 atom stereocenters. The lowest BCUT2D eigenvalue weighted by atomic mass is 10.1. The van der Waals surface area contributed by atoms with Crippen LogP contribution in [-0.2, 0) is 4.79 Å². The largest absolute Gasteiger partial charge is 0.353 e. The van der Waals surface area contributed by atoms with Crippen LogP contribution in [0.3, 0.4) is 0 Å². The monoisotopic (exact) mass is 532 g/mol. The molecule has 206 valence electrons. The van der Waals surface area contributed by atoms with Gasteiger partial charge >= 0.3 is 0 Å². The minimum Gasteiger partial charge on any atom is -0.353 e. The van der Waals surface area contributed by atoms with E-state index < -0.39 is 11.7 Å². The van der Waals surface area contributed by atoms with Crippen molar-refractivity contribution in [2.45, 2.75) is 20.3 Å². The molecule has 1 saturated heterocycles. The molecule has 1 aliphatic heterocycles. The lowest BCUT2D eigenvalue weighted by molar-refractivity contribution is -0.131. The maximum Gasteiger partial charge on any atom is 0.257 e. The van der Waals surface area contributed by atoms with Gasteiger partial charge in [-0.3, -0.25) is 9.59 Å². The van der Waals surface area contributed by atoms with Crippen LogP contribution in [0.1, 0.15) is 30.6 Å². The van der Waals surface area contributed by atoms with E-state index in [0.29, 0.717) is 32.7 Å². The second-order valence-corrected chi connectivity index (χ2v) is 9.60. The first-order valence-corrected chi connectivity index (χ1v) is 13.7. The Hall–Kier alpha value is -3.85. The minimum absolute atomic E-state index is 0.00980. The van der Waals surface area contributed by atoms with Crippen LogP contribution in [0.15, 0.2) is 66.7 Å². The molecule has 0 radical (unpaired) electrons. The van der Waals surface area contributed by atoms with Crippen LogP contribution < -0.4 is 4.90 Å². The molecule has 1 aromatic heterocycles. The predicted molar refractivity (Wildman–Crippen MR) is 151 cm³/mol. The van der Waals surface area contributed by atoms with E-state index in [-0.39, 0.29) is 18.0 Å². The number of benzene rings is 2. The van der Waals surface area contributed by atoms with Crippen molar-refractivity contribution >= 4 is 17.6 Å². The van der Waals surface area contributed by atoms with Crippen LogP contribution in [0.2, 0.25) is 0 Å². The number of carbonyl (C=O) groups excluding carboxylic acids is 2. The van der Waals surface area contributed by atoms with Crippen LogP contribution in [0.4, 0.5) is 10.2 Å². The van der Waals surface area contributed by atoms with Crippen LogP contribution in [0.5, 0.6) is 0 Å². The molecule has 3 aromatic rings. The SMILES string of the molecule is CCN(CC)CCN(CC(=O)N1CCCN(c2ccc(-c3ccccc3)nn2)CC1)C(=O)c1ccccc1F. The summed E-state index contributed by atoms with van der Waals surface area (Å²) in [7, 11) is 0. The number of halogens is 1. The van der Waals surface area contributed by atoms with E-state index in [1.165, 1.54) is 17.0 Å². The van der Waals surface area contributed by atoms with Crippen LogP contribution in [0.25, 0.3) is 11.3 Å². The van der Waals surface area contributed by atoms with Gasteiger partial charge in [-0.05, 0) is 43.8 Å². The van der Waals surface area contributed by atoms with Gasteiger partial charge in [-0.15, -0.1) is 10.2 Å². The van der Waals surface area contributed by atoms with E-state index in [2.05, 4.69) is 33.8 Å². The molecule has 1 fully saturated rings. The zero-order chi connectivity index (χ0) is 27.6. The number of carbonyl (C=O) groups is 2. The maximum atomic E-state index is 14.4. The third-order valence-corrected chi connectivity index (χ3v) is 7.19. The van der Waals surface area contributed by atoms with Crippen molar-refractivity contribution in [3.8, 4) is 11.3 Å². The highest BCUT2D eigenvalue weighted by Crippen LogP contribution is 2.19. The van der Waals surface area contributed by atoms with Gasteiger partial charge in [0.05, 0.1) is 11.3 Å². The van der Waals surface area contributed by atoms with E-state index in [9.17, 15) is 14.0 Å². The topological polar surface area (TPSA) is 72.9 Å². The van der Waals surface area contributed by atoms with E-state index in [0.717, 1.165) is 43.1 Å². The highest BCUT2D eigenvalue weighted by Gasteiger charge is 2.26. The van der Waals surface area contributed by atoms with Crippen molar-refractivity contribution in [2.24, 2.45) is 0 Å². The van der Waals surface area contributed by atoms with Crippen molar-refractivity contribution in [1.29, 1.82) is 0 Å². The molecule has 0 bridgehead atoms. The molecule has 0 unspecified atom stereocenters. The Bertz CT molecular complexity index is 1220. The molecule has 2 heterocycles. The summed E-state index contributed by atoms with van der Waals surface area (Å²) in [5, 5.41) is 8.84. The number of rotatable bonds is 10. The number of hydrogen-bond acceptors (Lipinski definition) is 6. The summed E-state index contributed by atoms with van der Waals surface area (Å²) in [6, 6.07) is 19.8. The summed E-state index contributed by atoms with van der Waals surface area (Å²) in [5.74, 6) is -0.391. The summed E-state index contributed by atoms with van der Waals surface area (Å²) >= 11 is 0. The van der Waals surface area contributed by atoms with Gasteiger partial charge in [0, 0.05) is 44.8 Å². The predicted octanol–water partition coefficient (Wildman–Crippen LogP) is 3.81. The van der Waals surface area contributed by atoms with Crippen molar-refractivity contribution in [3.05, 3.63) is 78.1 Å². The van der Waals surface area contributed by atoms with Gasteiger partial charge in [0.2, 0.25) is 5.91 Å². The highest BCUT2D eigenvalue weighted by atomic mass is 19.1. The normalized spacial score (nSPS) is 13.8. The Morgan fingerprint density at radius 1 is 0.846 bits per heavy atom. The molecule has 0 saturated carbocycles. The molecule has 0 aliphatic carbocycles. The summed E-state index contributed by atoms with van der Waals surface area (Å²) in [6.07, 6.45) is 0.772. The number of hydrogen-bond donors (Lipinski definition) is 0. The molecule has 2 aromatic carbocycles. The number of likely N-dealkylation sites (N-methyl/N-ethyl adjacent to an activating group) is 1. The molecule has 9 heteroatoms. The molecule has 8 nitrogen and oxygen atoms in total. The first-order chi connectivity index (χ1) is 19.0. The van der Waals surface area contributed by atoms with Gasteiger partial charge in [-0.2, -0.15) is 0 Å². The average Bonchev–Trinajstić information content (AvgIpc) is 3.24. The van der Waals surface area contributed by atoms with Crippen molar-refractivity contribution in [3.63, 3.8) is 0 Å². The Morgan fingerprint density at radius 2 is 1.59 bits per heavy atom. The van der Waals surface area contributed by atoms with Crippen molar-refractivity contribution < 1.29 is 14.0 Å². The molecule has 39 heavy (non-hydrogen) atoms. The van der Waals surface area contributed by atoms with Gasteiger partial charge < -0.3 is 19.6 Å². The fraction of sp³-hybridized carbons (Fsp3) is 0.400. The van der Waals surface area contributed by atoms with Gasteiger partial charge in [0.1, 0.15) is 12.4 Å². The second kappa shape index (κ2) is 13.8. The third-order valence-electron chi connectivity index (χ3n) is 7.19. The number of nitrogens with zero attached hydrogens (tertiary/aromatic N) is 6. The molecule has 2 amide bonds. The summed E-state index contributed by atoms with van der Waals surface area (Å²) < 4.78 is 14.4. The van der Waals surface area contributed by atoms with E-state index >= 15 is 0 Å². The number of amides is 2. The number of anilines is 1. The van der Waals surface area contributed by atoms with Gasteiger partial charge in [0.15, 0.2) is 5.82 Å². The first kappa shape index (κ1) is 28.2. The van der Waals surface area contributed by atoms with Crippen LogP contribution in [-0.4, -0.2) is 95.6 Å². The van der Waals surface area contributed by atoms with Gasteiger partial charge in [0.25, 0.3) is 5.91 Å². The Labute approximate surface area is 230 Å². The molecular weight excluding hydrogens is 495 g/mol. The Kier molecular flexibility index (Phi) is 9.97. The minimum atomic E-state index is -0.576. The van der Waals surface area contributed by atoms with Gasteiger partial charge in [-0.1, -0.05) is 56.3 Å². The first-order valence-electron chi connectivity index (χ1n) is 13.7. The maximum absolute atomic E-state index is 14.4. The molecule has 1 aliphatic rings. The standard InChI is InChI=1S/C30H37FN6O2/c1-3-34(4-2)19-20-37(30(39)25-13-8-9-14-26(25)31)23-29(38)36-18-10-17-35(21-22-36)28-16-15-27(32-33-28)24-11-6-5-7-12-24/h5-9,11-16H,3-4,10,17-23H2,1-2H3. The fourth-order valence-electron chi connectivity index (χ4n) is 4.78. The summed E-state index contributed by atoms with van der Waals surface area (Å²) in [4.78, 5) is 34.3. The summed E-state index contributed by atoms with van der Waals surface area (Å²) in [6.45, 7) is 9.14. The van der Waals surface area contributed by atoms with Crippen LogP contribution >= 0.6 is 0 Å². The second-order valence-electron chi connectivity index (χ2n) is 9.60.